The van der Waals surface area contributed by atoms with Gasteiger partial charge in [-0.05, 0) is 0 Å². The van der Waals surface area contributed by atoms with Gasteiger partial charge < -0.3 is 10.6 Å². The van der Waals surface area contributed by atoms with Crippen LogP contribution in [0.15, 0.2) is 0 Å². The molecule has 4 nitrogen and oxygen atoms in total. The van der Waals surface area contributed by atoms with E-state index in [2.05, 4.69) is 4.90 Å². The van der Waals surface area contributed by atoms with Gasteiger partial charge in [0.15, 0.2) is 0 Å². The second-order valence-corrected chi connectivity index (χ2v) is 5.67. The molecule has 0 spiro atoms. The summed E-state index contributed by atoms with van der Waals surface area (Å²) in [4.78, 5) is 16.2. The number of hydrogen-bond acceptors (Lipinski definition) is 4. The number of thioether (sulfide) groups is 1. The largest absolute Gasteiger partial charge is 0.393 e. The Morgan fingerprint density at radius 3 is 2.69 bits per heavy atom. The number of thiocarbonyl (C=S) groups is 1. The van der Waals surface area contributed by atoms with E-state index in [1.54, 1.807) is 11.9 Å². The Hall–Kier alpha value is -0.330. The van der Waals surface area contributed by atoms with Crippen molar-refractivity contribution in [2.75, 3.05) is 44.7 Å². The number of nitrogens with two attached hydrogens (primary N) is 1. The summed E-state index contributed by atoms with van der Waals surface area (Å²) >= 11 is 6.74. The predicted octanol–water partition coefficient (Wildman–Crippen LogP) is 0.170. The zero-order valence-corrected chi connectivity index (χ0v) is 11.3. The Labute approximate surface area is 107 Å². The molecule has 1 amide bonds. The van der Waals surface area contributed by atoms with Crippen LogP contribution < -0.4 is 5.73 Å². The minimum Gasteiger partial charge on any atom is -0.393 e. The lowest BCUT2D eigenvalue weighted by atomic mass is 10.3. The summed E-state index contributed by atoms with van der Waals surface area (Å²) in [7, 11) is 1.80. The van der Waals surface area contributed by atoms with Crippen LogP contribution in [0.4, 0.5) is 0 Å². The van der Waals surface area contributed by atoms with Gasteiger partial charge in [0.25, 0.3) is 0 Å². The van der Waals surface area contributed by atoms with E-state index in [0.717, 1.165) is 24.6 Å². The molecular weight excluding hydrogens is 242 g/mol. The Morgan fingerprint density at radius 1 is 1.50 bits per heavy atom. The molecule has 0 atom stereocenters. The van der Waals surface area contributed by atoms with Crippen molar-refractivity contribution in [1.82, 2.24) is 9.80 Å². The quantitative estimate of drug-likeness (QED) is 0.715. The molecular formula is C10H19N3OS2. The summed E-state index contributed by atoms with van der Waals surface area (Å²) in [6.45, 7) is 3.17. The van der Waals surface area contributed by atoms with Crippen molar-refractivity contribution in [2.24, 2.45) is 5.73 Å². The molecule has 92 valence electrons. The monoisotopic (exact) mass is 261 g/mol. The van der Waals surface area contributed by atoms with Gasteiger partial charge in [-0.2, -0.15) is 11.8 Å². The third-order valence-corrected chi connectivity index (χ3v) is 3.73. The summed E-state index contributed by atoms with van der Waals surface area (Å²) in [6.07, 6.45) is 0.605. The Morgan fingerprint density at radius 2 is 2.12 bits per heavy atom. The van der Waals surface area contributed by atoms with E-state index in [1.807, 2.05) is 11.8 Å². The van der Waals surface area contributed by atoms with Crippen LogP contribution in [0.1, 0.15) is 6.42 Å². The molecule has 0 aliphatic carbocycles. The number of carbonyl (C=O) groups excluding carboxylic acids is 1. The molecule has 0 aromatic rings. The molecule has 1 heterocycles. The third kappa shape index (κ3) is 5.14. The number of likely N-dealkylation sites (N-methyl/N-ethyl adjacent to an activating group) is 1. The highest BCUT2D eigenvalue weighted by molar-refractivity contribution is 7.99. The molecule has 0 aromatic carbocycles. The minimum atomic E-state index is 0.156. The number of amides is 1. The fourth-order valence-corrected chi connectivity index (χ4v) is 2.54. The molecule has 0 bridgehead atoms. The zero-order valence-electron chi connectivity index (χ0n) is 9.65. The fourth-order valence-electron chi connectivity index (χ4n) is 1.47. The highest BCUT2D eigenvalue weighted by Crippen LogP contribution is 2.08. The first-order chi connectivity index (χ1) is 7.59. The van der Waals surface area contributed by atoms with E-state index in [4.69, 9.17) is 18.0 Å². The van der Waals surface area contributed by atoms with Crippen LogP contribution in [-0.2, 0) is 4.79 Å². The van der Waals surface area contributed by atoms with Crippen LogP contribution in [0.2, 0.25) is 0 Å². The maximum Gasteiger partial charge on any atom is 0.236 e. The van der Waals surface area contributed by atoms with Crippen molar-refractivity contribution in [3.63, 3.8) is 0 Å². The molecule has 0 unspecified atom stereocenters. The zero-order chi connectivity index (χ0) is 12.0. The van der Waals surface area contributed by atoms with E-state index in [1.165, 1.54) is 0 Å². The molecule has 1 fully saturated rings. The van der Waals surface area contributed by atoms with Crippen LogP contribution in [0, 0.1) is 0 Å². The fraction of sp³-hybridized carbons (Fsp3) is 0.800. The maximum absolute atomic E-state index is 11.8. The summed E-state index contributed by atoms with van der Waals surface area (Å²) in [6, 6.07) is 0. The van der Waals surface area contributed by atoms with E-state index in [-0.39, 0.29) is 5.91 Å². The number of nitrogens with zero attached hydrogens (tertiary/aromatic N) is 2. The summed E-state index contributed by atoms with van der Waals surface area (Å²) < 4.78 is 0. The standard InChI is InChI=1S/C10H19N3OS2/c1-12(3-2-9(11)15)10(14)8-13-4-6-16-7-5-13/h2-8H2,1H3,(H2,11,15). The predicted molar refractivity (Wildman–Crippen MR) is 72.8 cm³/mol. The topological polar surface area (TPSA) is 49.6 Å². The SMILES string of the molecule is CN(CCC(N)=S)C(=O)CN1CCSCC1. The molecule has 0 saturated carbocycles. The van der Waals surface area contributed by atoms with Gasteiger partial charge in [-0.3, -0.25) is 9.69 Å². The average Bonchev–Trinajstić information content (AvgIpc) is 2.27. The van der Waals surface area contributed by atoms with Crippen LogP contribution in [0.3, 0.4) is 0 Å². The molecule has 0 aromatic heterocycles. The van der Waals surface area contributed by atoms with E-state index in [0.29, 0.717) is 24.5 Å². The van der Waals surface area contributed by atoms with Gasteiger partial charge in [-0.25, -0.2) is 0 Å². The smallest absolute Gasteiger partial charge is 0.236 e. The number of rotatable bonds is 5. The maximum atomic E-state index is 11.8. The van der Waals surface area contributed by atoms with Crippen molar-refractivity contribution in [1.29, 1.82) is 0 Å². The number of hydrogen-bond donors (Lipinski definition) is 1. The first-order valence-corrected chi connectivity index (χ1v) is 6.98. The Balaban J connectivity index is 2.24. The third-order valence-electron chi connectivity index (χ3n) is 2.58. The van der Waals surface area contributed by atoms with E-state index < -0.39 is 0 Å². The molecule has 6 heteroatoms. The summed E-state index contributed by atoms with van der Waals surface area (Å²) in [5.41, 5.74) is 5.41. The van der Waals surface area contributed by atoms with Crippen molar-refractivity contribution in [3.05, 3.63) is 0 Å². The molecule has 1 aliphatic heterocycles. The minimum absolute atomic E-state index is 0.156. The van der Waals surface area contributed by atoms with Gasteiger partial charge in [0.2, 0.25) is 5.91 Å². The van der Waals surface area contributed by atoms with Gasteiger partial charge in [-0.1, -0.05) is 12.2 Å². The molecule has 1 rings (SSSR count). The molecule has 2 N–H and O–H groups in total. The van der Waals surface area contributed by atoms with Crippen molar-refractivity contribution in [3.8, 4) is 0 Å². The van der Waals surface area contributed by atoms with Crippen molar-refractivity contribution in [2.45, 2.75) is 6.42 Å². The lowest BCUT2D eigenvalue weighted by molar-refractivity contribution is -0.130. The second kappa shape index (κ2) is 7.09. The lowest BCUT2D eigenvalue weighted by Gasteiger charge is -2.27. The van der Waals surface area contributed by atoms with Gasteiger partial charge in [0, 0.05) is 44.6 Å². The van der Waals surface area contributed by atoms with Crippen LogP contribution in [0.5, 0.6) is 0 Å². The normalized spacial score (nSPS) is 17.1. The highest BCUT2D eigenvalue weighted by Gasteiger charge is 2.16. The van der Waals surface area contributed by atoms with Crippen LogP contribution >= 0.6 is 24.0 Å². The summed E-state index contributed by atoms with van der Waals surface area (Å²) in [5.74, 6) is 2.41. The van der Waals surface area contributed by atoms with E-state index in [9.17, 15) is 4.79 Å². The summed E-state index contributed by atoms with van der Waals surface area (Å²) in [5, 5.41) is 0. The molecule has 1 aliphatic rings. The van der Waals surface area contributed by atoms with Crippen LogP contribution in [0.25, 0.3) is 0 Å². The Bertz CT molecular complexity index is 254. The van der Waals surface area contributed by atoms with Gasteiger partial charge >= 0.3 is 0 Å². The van der Waals surface area contributed by atoms with Gasteiger partial charge in [0.1, 0.15) is 0 Å². The lowest BCUT2D eigenvalue weighted by Crippen LogP contribution is -2.42. The van der Waals surface area contributed by atoms with Crippen molar-refractivity contribution >= 4 is 34.9 Å². The Kier molecular flexibility index (Phi) is 6.08. The average molecular weight is 261 g/mol. The van der Waals surface area contributed by atoms with E-state index >= 15 is 0 Å². The second-order valence-electron chi connectivity index (χ2n) is 3.92. The number of carbonyl (C=O) groups is 1. The molecule has 0 radical (unpaired) electrons. The van der Waals surface area contributed by atoms with Crippen LogP contribution in [-0.4, -0.2) is 65.4 Å². The highest BCUT2D eigenvalue weighted by atomic mass is 32.2. The van der Waals surface area contributed by atoms with Gasteiger partial charge in [-0.15, -0.1) is 0 Å². The molecule has 16 heavy (non-hydrogen) atoms. The first kappa shape index (κ1) is 13.7. The molecule has 1 saturated heterocycles. The van der Waals surface area contributed by atoms with Crippen molar-refractivity contribution < 1.29 is 4.79 Å². The van der Waals surface area contributed by atoms with Gasteiger partial charge in [0.05, 0.1) is 11.5 Å². The first-order valence-electron chi connectivity index (χ1n) is 5.42.